The number of nitrogens with one attached hydrogen (secondary N) is 1. The number of piperidine rings is 1. The van der Waals surface area contributed by atoms with E-state index in [2.05, 4.69) is 17.1 Å². The highest BCUT2D eigenvalue weighted by molar-refractivity contribution is 6.32. The quantitative estimate of drug-likeness (QED) is 0.607. The highest BCUT2D eigenvalue weighted by Crippen LogP contribution is 2.36. The van der Waals surface area contributed by atoms with Crippen LogP contribution in [0.15, 0.2) is 12.1 Å². The zero-order valence-corrected chi connectivity index (χ0v) is 16.5. The number of nitrogens with two attached hydrogens (primary N) is 1. The topological polar surface area (TPSA) is 76.8 Å². The van der Waals surface area contributed by atoms with Crippen LogP contribution >= 0.6 is 11.6 Å². The van der Waals surface area contributed by atoms with Crippen LogP contribution in [0, 0.1) is 5.92 Å². The maximum absolute atomic E-state index is 10.9. The van der Waals surface area contributed by atoms with Crippen molar-refractivity contribution < 1.29 is 14.3 Å². The monoisotopic (exact) mass is 383 g/mol. The Morgan fingerprint density at radius 2 is 2.12 bits per heavy atom. The van der Waals surface area contributed by atoms with Crippen molar-refractivity contribution in [1.29, 1.82) is 0 Å². The first-order chi connectivity index (χ1) is 12.5. The molecule has 6 nitrogen and oxygen atoms in total. The van der Waals surface area contributed by atoms with Crippen LogP contribution in [0.3, 0.4) is 0 Å². The molecule has 1 aromatic rings. The van der Waals surface area contributed by atoms with E-state index in [1.807, 2.05) is 12.1 Å². The molecule has 0 aliphatic carbocycles. The number of benzene rings is 1. The summed E-state index contributed by atoms with van der Waals surface area (Å²) < 4.78 is 10.7. The first-order valence-electron chi connectivity index (χ1n) is 9.20. The molecule has 1 heterocycles. The van der Waals surface area contributed by atoms with Gasteiger partial charge in [-0.3, -0.25) is 4.79 Å². The molecule has 0 radical (unpaired) electrons. The van der Waals surface area contributed by atoms with Gasteiger partial charge in [-0.25, -0.2) is 0 Å². The number of hydrogen-bond donors (Lipinski definition) is 2. The predicted molar refractivity (Wildman–Crippen MR) is 104 cm³/mol. The summed E-state index contributed by atoms with van der Waals surface area (Å²) in [5.41, 5.74) is 6.11. The Labute approximate surface area is 161 Å². The third-order valence-corrected chi connectivity index (χ3v) is 4.96. The smallest absolute Gasteiger partial charge is 0.255 e. The van der Waals surface area contributed by atoms with Gasteiger partial charge in [0.25, 0.3) is 5.91 Å². The average molecular weight is 384 g/mol. The van der Waals surface area contributed by atoms with E-state index in [0.717, 1.165) is 31.0 Å². The third kappa shape index (κ3) is 6.67. The lowest BCUT2D eigenvalue weighted by molar-refractivity contribution is -0.119. The van der Waals surface area contributed by atoms with Gasteiger partial charge < -0.3 is 25.4 Å². The summed E-state index contributed by atoms with van der Waals surface area (Å²) in [7, 11) is 1.54. The number of methoxy groups -OCH3 is 1. The Hall–Kier alpha value is -1.50. The number of ether oxygens (including phenoxy) is 2. The van der Waals surface area contributed by atoms with Crippen LogP contribution in [0.1, 0.15) is 31.7 Å². The molecule has 0 unspecified atom stereocenters. The summed E-state index contributed by atoms with van der Waals surface area (Å²) >= 11 is 6.26. The lowest BCUT2D eigenvalue weighted by atomic mass is 9.99. The van der Waals surface area contributed by atoms with Crippen molar-refractivity contribution in [2.75, 3.05) is 39.9 Å². The first-order valence-corrected chi connectivity index (χ1v) is 9.58. The van der Waals surface area contributed by atoms with E-state index in [1.165, 1.54) is 25.9 Å². The second-order valence-corrected chi connectivity index (χ2v) is 7.33. The Bertz CT molecular complexity index is 590. The standard InChI is InChI=1S/C19H30ClN3O3/c1-14-4-8-23(9-5-14)7-3-6-22-12-15-10-16(20)19(17(11-15)25-2)26-13-18(21)24/h10-11,14,22H,3-9,12-13H2,1-2H3,(H2,21,24). The fourth-order valence-electron chi connectivity index (χ4n) is 3.10. The Morgan fingerprint density at radius 1 is 1.38 bits per heavy atom. The zero-order valence-electron chi connectivity index (χ0n) is 15.7. The summed E-state index contributed by atoms with van der Waals surface area (Å²) in [6.07, 6.45) is 3.75. The van der Waals surface area contributed by atoms with Gasteiger partial charge in [0, 0.05) is 6.54 Å². The van der Waals surface area contributed by atoms with Crippen LogP contribution in [0.4, 0.5) is 0 Å². The van der Waals surface area contributed by atoms with Crippen LogP contribution in [0.5, 0.6) is 11.5 Å². The fraction of sp³-hybridized carbons (Fsp3) is 0.632. The zero-order chi connectivity index (χ0) is 18.9. The van der Waals surface area contributed by atoms with E-state index in [1.54, 1.807) is 7.11 Å². The average Bonchev–Trinajstić information content (AvgIpc) is 2.61. The molecule has 7 heteroatoms. The molecule has 1 aliphatic heterocycles. The number of amides is 1. The van der Waals surface area contributed by atoms with Crippen LogP contribution < -0.4 is 20.5 Å². The molecule has 1 saturated heterocycles. The lowest BCUT2D eigenvalue weighted by Gasteiger charge is -2.30. The maximum atomic E-state index is 10.9. The molecule has 0 spiro atoms. The van der Waals surface area contributed by atoms with E-state index >= 15 is 0 Å². The minimum absolute atomic E-state index is 0.233. The minimum atomic E-state index is -0.558. The Balaban J connectivity index is 1.76. The van der Waals surface area contributed by atoms with Gasteiger partial charge in [-0.15, -0.1) is 0 Å². The summed E-state index contributed by atoms with van der Waals surface area (Å²) in [6.45, 7) is 7.34. The van der Waals surface area contributed by atoms with Gasteiger partial charge in [-0.05, 0) is 69.1 Å². The van der Waals surface area contributed by atoms with Gasteiger partial charge in [0.1, 0.15) is 0 Å². The largest absolute Gasteiger partial charge is 0.493 e. The molecule has 2 rings (SSSR count). The normalized spacial score (nSPS) is 15.8. The molecule has 1 amide bonds. The molecule has 1 fully saturated rings. The summed E-state index contributed by atoms with van der Waals surface area (Å²) in [5, 5.41) is 3.85. The second kappa shape index (κ2) is 10.6. The van der Waals surface area contributed by atoms with Gasteiger partial charge in [0.2, 0.25) is 0 Å². The van der Waals surface area contributed by atoms with Crippen molar-refractivity contribution in [3.8, 4) is 11.5 Å². The molecule has 146 valence electrons. The number of rotatable bonds is 10. The van der Waals surface area contributed by atoms with Gasteiger partial charge in [-0.1, -0.05) is 18.5 Å². The highest BCUT2D eigenvalue weighted by Gasteiger charge is 2.15. The van der Waals surface area contributed by atoms with Crippen molar-refractivity contribution in [2.24, 2.45) is 11.7 Å². The van der Waals surface area contributed by atoms with E-state index in [4.69, 9.17) is 26.8 Å². The predicted octanol–water partition coefficient (Wildman–Crippen LogP) is 2.42. The molecule has 1 aromatic carbocycles. The molecule has 0 saturated carbocycles. The molecule has 3 N–H and O–H groups in total. The number of primary amides is 1. The number of halogens is 1. The van der Waals surface area contributed by atoms with Crippen molar-refractivity contribution in [2.45, 2.75) is 32.7 Å². The van der Waals surface area contributed by atoms with Crippen molar-refractivity contribution >= 4 is 17.5 Å². The number of carbonyl (C=O) groups excluding carboxylic acids is 1. The molecule has 0 aromatic heterocycles. The van der Waals surface area contributed by atoms with Crippen molar-refractivity contribution in [3.05, 3.63) is 22.7 Å². The molecular weight excluding hydrogens is 354 g/mol. The van der Waals surface area contributed by atoms with Crippen LogP contribution in [0.2, 0.25) is 5.02 Å². The third-order valence-electron chi connectivity index (χ3n) is 4.68. The van der Waals surface area contributed by atoms with Gasteiger partial charge in [-0.2, -0.15) is 0 Å². The minimum Gasteiger partial charge on any atom is -0.493 e. The van der Waals surface area contributed by atoms with Crippen molar-refractivity contribution in [1.82, 2.24) is 10.2 Å². The van der Waals surface area contributed by atoms with Crippen molar-refractivity contribution in [3.63, 3.8) is 0 Å². The van der Waals surface area contributed by atoms with Crippen LogP contribution in [0.25, 0.3) is 0 Å². The molecule has 26 heavy (non-hydrogen) atoms. The number of carbonyl (C=O) groups is 1. The molecule has 0 bridgehead atoms. The fourth-order valence-corrected chi connectivity index (χ4v) is 3.39. The molecule has 1 aliphatic rings. The van der Waals surface area contributed by atoms with Crippen LogP contribution in [-0.4, -0.2) is 50.7 Å². The first kappa shape index (κ1) is 20.8. The highest BCUT2D eigenvalue weighted by atomic mass is 35.5. The summed E-state index contributed by atoms with van der Waals surface area (Å²) in [5.74, 6) is 1.16. The molecular formula is C19H30ClN3O3. The molecule has 0 atom stereocenters. The number of hydrogen-bond acceptors (Lipinski definition) is 5. The van der Waals surface area contributed by atoms with Gasteiger partial charge in [0.05, 0.1) is 12.1 Å². The van der Waals surface area contributed by atoms with Gasteiger partial charge >= 0.3 is 0 Å². The van der Waals surface area contributed by atoms with E-state index in [9.17, 15) is 4.79 Å². The van der Waals surface area contributed by atoms with E-state index in [0.29, 0.717) is 23.1 Å². The SMILES string of the molecule is COc1cc(CNCCCN2CCC(C)CC2)cc(Cl)c1OCC(N)=O. The van der Waals surface area contributed by atoms with E-state index in [-0.39, 0.29) is 6.61 Å². The second-order valence-electron chi connectivity index (χ2n) is 6.92. The number of likely N-dealkylation sites (tertiary alicyclic amines) is 1. The van der Waals surface area contributed by atoms with Gasteiger partial charge in [0.15, 0.2) is 18.1 Å². The number of nitrogens with zero attached hydrogens (tertiary/aromatic N) is 1. The summed E-state index contributed by atoms with van der Waals surface area (Å²) in [6, 6.07) is 3.68. The summed E-state index contributed by atoms with van der Waals surface area (Å²) in [4.78, 5) is 13.4. The Kier molecular flexibility index (Phi) is 8.48. The van der Waals surface area contributed by atoms with E-state index < -0.39 is 5.91 Å². The maximum Gasteiger partial charge on any atom is 0.255 e. The lowest BCUT2D eigenvalue weighted by Crippen LogP contribution is -2.34. The Morgan fingerprint density at radius 3 is 2.77 bits per heavy atom. The van der Waals surface area contributed by atoms with Crippen LogP contribution in [-0.2, 0) is 11.3 Å².